The molecule has 24 heavy (non-hydrogen) atoms. The molecule has 3 rings (SSSR count). The second-order valence-corrected chi connectivity index (χ2v) is 6.27. The van der Waals surface area contributed by atoms with Gasteiger partial charge in [0.05, 0.1) is 23.6 Å². The molecule has 1 aromatic carbocycles. The Labute approximate surface area is 142 Å². The second-order valence-electron chi connectivity index (χ2n) is 6.27. The van der Waals surface area contributed by atoms with Gasteiger partial charge in [-0.3, -0.25) is 9.78 Å². The maximum atomic E-state index is 12.4. The van der Waals surface area contributed by atoms with Crippen molar-refractivity contribution in [3.8, 4) is 5.75 Å². The van der Waals surface area contributed by atoms with Crippen LogP contribution in [0.2, 0.25) is 0 Å². The maximum absolute atomic E-state index is 12.4. The molecule has 1 aliphatic rings. The molecule has 0 aliphatic carbocycles. The lowest BCUT2D eigenvalue weighted by Gasteiger charge is -2.17. The Balaban J connectivity index is 1.67. The number of nitrogens with zero attached hydrogens (tertiary/aromatic N) is 2. The summed E-state index contributed by atoms with van der Waals surface area (Å²) in [7, 11) is 0. The number of nitrogens with one attached hydrogen (secondary N) is 1. The van der Waals surface area contributed by atoms with Gasteiger partial charge in [0, 0.05) is 25.0 Å². The van der Waals surface area contributed by atoms with Crippen molar-refractivity contribution >= 4 is 17.3 Å². The van der Waals surface area contributed by atoms with Crippen LogP contribution in [0.15, 0.2) is 42.7 Å². The molecule has 2 aromatic rings. The van der Waals surface area contributed by atoms with Crippen molar-refractivity contribution in [1.82, 2.24) is 4.98 Å². The average molecular weight is 325 g/mol. The van der Waals surface area contributed by atoms with Gasteiger partial charge in [0.15, 0.2) is 0 Å². The van der Waals surface area contributed by atoms with Crippen LogP contribution >= 0.6 is 0 Å². The zero-order valence-electron chi connectivity index (χ0n) is 14.2. The van der Waals surface area contributed by atoms with E-state index in [1.807, 2.05) is 50.4 Å². The largest absolute Gasteiger partial charge is 0.491 e. The van der Waals surface area contributed by atoms with Gasteiger partial charge in [0.1, 0.15) is 5.75 Å². The number of rotatable bonds is 5. The summed E-state index contributed by atoms with van der Waals surface area (Å²) in [4.78, 5) is 18.9. The number of carbonyl (C=O) groups is 1. The molecular weight excluding hydrogens is 302 g/mol. The number of benzene rings is 1. The molecule has 0 spiro atoms. The molecule has 0 unspecified atom stereocenters. The van der Waals surface area contributed by atoms with Crippen molar-refractivity contribution in [3.63, 3.8) is 0 Å². The molecule has 1 fully saturated rings. The van der Waals surface area contributed by atoms with Crippen LogP contribution in [-0.2, 0) is 0 Å². The number of anilines is 2. The molecule has 5 nitrogen and oxygen atoms in total. The summed E-state index contributed by atoms with van der Waals surface area (Å²) in [6.07, 6.45) is 5.94. The van der Waals surface area contributed by atoms with Gasteiger partial charge in [-0.2, -0.15) is 0 Å². The Bertz CT molecular complexity index is 692. The van der Waals surface area contributed by atoms with Crippen LogP contribution in [0.1, 0.15) is 37.0 Å². The zero-order chi connectivity index (χ0) is 16.9. The normalized spacial score (nSPS) is 14.0. The zero-order valence-corrected chi connectivity index (χ0v) is 14.2. The summed E-state index contributed by atoms with van der Waals surface area (Å²) < 4.78 is 5.60. The molecule has 1 saturated heterocycles. The van der Waals surface area contributed by atoms with E-state index in [1.165, 1.54) is 12.8 Å². The van der Waals surface area contributed by atoms with E-state index in [4.69, 9.17) is 4.74 Å². The fourth-order valence-corrected chi connectivity index (χ4v) is 2.79. The van der Waals surface area contributed by atoms with Crippen LogP contribution in [0, 0.1) is 0 Å². The van der Waals surface area contributed by atoms with Crippen molar-refractivity contribution < 1.29 is 9.53 Å². The van der Waals surface area contributed by atoms with E-state index in [9.17, 15) is 4.79 Å². The standard InChI is InChI=1S/C19H23N3O2/c1-14(2)24-18-7-5-16(6-8-18)21-19(23)15-11-17(13-20-12-15)22-9-3-4-10-22/h5-8,11-14H,3-4,9-10H2,1-2H3,(H,21,23). The summed E-state index contributed by atoms with van der Waals surface area (Å²) in [6.45, 7) is 6.03. The van der Waals surface area contributed by atoms with Crippen molar-refractivity contribution in [1.29, 1.82) is 0 Å². The molecule has 1 N–H and O–H groups in total. The van der Waals surface area contributed by atoms with Gasteiger partial charge in [-0.05, 0) is 57.0 Å². The van der Waals surface area contributed by atoms with Crippen LogP contribution in [0.4, 0.5) is 11.4 Å². The minimum Gasteiger partial charge on any atom is -0.491 e. The molecule has 5 heteroatoms. The number of ether oxygens (including phenoxy) is 1. The summed E-state index contributed by atoms with van der Waals surface area (Å²) in [5.74, 6) is 0.641. The first kappa shape index (κ1) is 16.3. The van der Waals surface area contributed by atoms with E-state index in [-0.39, 0.29) is 12.0 Å². The van der Waals surface area contributed by atoms with Gasteiger partial charge < -0.3 is 15.0 Å². The Morgan fingerprint density at radius 1 is 1.17 bits per heavy atom. The van der Waals surface area contributed by atoms with Crippen LogP contribution < -0.4 is 15.0 Å². The highest BCUT2D eigenvalue weighted by Crippen LogP contribution is 2.21. The monoisotopic (exact) mass is 325 g/mol. The predicted octanol–water partition coefficient (Wildman–Crippen LogP) is 3.72. The molecule has 0 saturated carbocycles. The van der Waals surface area contributed by atoms with E-state index < -0.39 is 0 Å². The predicted molar refractivity (Wildman–Crippen MR) is 95.8 cm³/mol. The quantitative estimate of drug-likeness (QED) is 0.910. The minimum absolute atomic E-state index is 0.129. The highest BCUT2D eigenvalue weighted by molar-refractivity contribution is 6.04. The molecule has 1 amide bonds. The minimum atomic E-state index is -0.152. The Morgan fingerprint density at radius 3 is 2.54 bits per heavy atom. The molecule has 0 atom stereocenters. The Kier molecular flexibility index (Phi) is 4.99. The van der Waals surface area contributed by atoms with Crippen LogP contribution in [0.25, 0.3) is 0 Å². The van der Waals surface area contributed by atoms with Gasteiger partial charge in [-0.25, -0.2) is 0 Å². The van der Waals surface area contributed by atoms with E-state index in [1.54, 1.807) is 6.20 Å². The van der Waals surface area contributed by atoms with E-state index in [0.29, 0.717) is 5.56 Å². The summed E-state index contributed by atoms with van der Waals surface area (Å²) >= 11 is 0. The highest BCUT2D eigenvalue weighted by atomic mass is 16.5. The van der Waals surface area contributed by atoms with Crippen molar-refractivity contribution in [3.05, 3.63) is 48.3 Å². The first-order valence-electron chi connectivity index (χ1n) is 8.40. The lowest BCUT2D eigenvalue weighted by atomic mass is 10.2. The van der Waals surface area contributed by atoms with E-state index >= 15 is 0 Å². The van der Waals surface area contributed by atoms with E-state index in [0.717, 1.165) is 30.2 Å². The smallest absolute Gasteiger partial charge is 0.257 e. The third-order valence-electron chi connectivity index (χ3n) is 3.94. The fourth-order valence-electron chi connectivity index (χ4n) is 2.79. The van der Waals surface area contributed by atoms with Gasteiger partial charge in [-0.1, -0.05) is 0 Å². The summed E-state index contributed by atoms with van der Waals surface area (Å²) in [5.41, 5.74) is 2.32. The molecular formula is C19H23N3O2. The van der Waals surface area contributed by atoms with Crippen molar-refractivity contribution in [2.45, 2.75) is 32.8 Å². The van der Waals surface area contributed by atoms with Crippen LogP contribution in [-0.4, -0.2) is 30.1 Å². The molecule has 2 heterocycles. The lowest BCUT2D eigenvalue weighted by molar-refractivity contribution is 0.102. The fraction of sp³-hybridized carbons (Fsp3) is 0.368. The highest BCUT2D eigenvalue weighted by Gasteiger charge is 2.15. The van der Waals surface area contributed by atoms with Gasteiger partial charge in [0.2, 0.25) is 0 Å². The molecule has 0 bridgehead atoms. The van der Waals surface area contributed by atoms with Gasteiger partial charge in [0.25, 0.3) is 5.91 Å². The summed E-state index contributed by atoms with van der Waals surface area (Å²) in [6, 6.07) is 9.30. The van der Waals surface area contributed by atoms with Crippen molar-refractivity contribution in [2.75, 3.05) is 23.3 Å². The molecule has 126 valence electrons. The van der Waals surface area contributed by atoms with Gasteiger partial charge >= 0.3 is 0 Å². The third kappa shape index (κ3) is 4.04. The lowest BCUT2D eigenvalue weighted by Crippen LogP contribution is -2.19. The number of hydrogen-bond donors (Lipinski definition) is 1. The SMILES string of the molecule is CC(C)Oc1ccc(NC(=O)c2cncc(N3CCCC3)c2)cc1. The second kappa shape index (κ2) is 7.34. The third-order valence-corrected chi connectivity index (χ3v) is 3.94. The van der Waals surface area contributed by atoms with Crippen molar-refractivity contribution in [2.24, 2.45) is 0 Å². The number of carbonyl (C=O) groups excluding carboxylic acids is 1. The molecule has 1 aromatic heterocycles. The first-order valence-corrected chi connectivity index (χ1v) is 8.40. The Hall–Kier alpha value is -2.56. The topological polar surface area (TPSA) is 54.5 Å². The number of hydrogen-bond acceptors (Lipinski definition) is 4. The Morgan fingerprint density at radius 2 is 1.88 bits per heavy atom. The number of amides is 1. The maximum Gasteiger partial charge on any atom is 0.257 e. The molecule has 1 aliphatic heterocycles. The summed E-state index contributed by atoms with van der Waals surface area (Å²) in [5, 5.41) is 2.90. The van der Waals surface area contributed by atoms with E-state index in [2.05, 4.69) is 15.2 Å². The molecule has 0 radical (unpaired) electrons. The van der Waals surface area contributed by atoms with Crippen LogP contribution in [0.5, 0.6) is 5.75 Å². The average Bonchev–Trinajstić information content (AvgIpc) is 3.11. The number of pyridine rings is 1. The first-order chi connectivity index (χ1) is 11.6. The van der Waals surface area contributed by atoms with Gasteiger partial charge in [-0.15, -0.1) is 0 Å². The number of aromatic nitrogens is 1. The van der Waals surface area contributed by atoms with Crippen LogP contribution in [0.3, 0.4) is 0 Å².